The second-order valence-electron chi connectivity index (χ2n) is 4.78. The molecule has 114 valence electrons. The van der Waals surface area contributed by atoms with Crippen molar-refractivity contribution >= 4 is 23.2 Å². The summed E-state index contributed by atoms with van der Waals surface area (Å²) in [6.07, 6.45) is 1.06. The van der Waals surface area contributed by atoms with E-state index in [1.165, 1.54) is 0 Å². The molecule has 1 aromatic carbocycles. The van der Waals surface area contributed by atoms with Gasteiger partial charge in [0.1, 0.15) is 12.4 Å². The Balaban J connectivity index is 2.12. The Kier molecular flexibility index (Phi) is 5.91. The molecule has 0 spiro atoms. The fourth-order valence-corrected chi connectivity index (χ4v) is 2.52. The van der Waals surface area contributed by atoms with Crippen LogP contribution in [-0.4, -0.2) is 11.7 Å². The molecule has 0 saturated heterocycles. The molecular formula is C15H18Cl2N2O2. The Labute approximate surface area is 134 Å². The van der Waals surface area contributed by atoms with Crippen LogP contribution in [0.2, 0.25) is 10.0 Å². The van der Waals surface area contributed by atoms with Gasteiger partial charge in [-0.1, -0.05) is 35.3 Å². The Morgan fingerprint density at radius 1 is 1.29 bits per heavy atom. The molecule has 0 aliphatic heterocycles. The van der Waals surface area contributed by atoms with E-state index in [1.807, 2.05) is 19.1 Å². The van der Waals surface area contributed by atoms with Crippen molar-refractivity contribution in [2.75, 3.05) is 6.54 Å². The molecule has 0 atom stereocenters. The van der Waals surface area contributed by atoms with Crippen molar-refractivity contribution < 1.29 is 9.26 Å². The van der Waals surface area contributed by atoms with E-state index in [9.17, 15) is 0 Å². The number of aromatic nitrogens is 1. The highest BCUT2D eigenvalue weighted by molar-refractivity contribution is 6.35. The molecular weight excluding hydrogens is 311 g/mol. The van der Waals surface area contributed by atoms with E-state index in [4.69, 9.17) is 32.5 Å². The summed E-state index contributed by atoms with van der Waals surface area (Å²) in [6.45, 7) is 5.83. The summed E-state index contributed by atoms with van der Waals surface area (Å²) >= 11 is 12.3. The van der Waals surface area contributed by atoms with Crippen LogP contribution < -0.4 is 10.1 Å². The monoisotopic (exact) mass is 328 g/mol. The van der Waals surface area contributed by atoms with Gasteiger partial charge in [-0.15, -0.1) is 0 Å². The molecule has 2 aromatic rings. The van der Waals surface area contributed by atoms with E-state index in [0.717, 1.165) is 24.2 Å². The van der Waals surface area contributed by atoms with Crippen molar-refractivity contribution in [1.29, 1.82) is 0 Å². The smallest absolute Gasteiger partial charge is 0.174 e. The van der Waals surface area contributed by atoms with Crippen molar-refractivity contribution in [3.05, 3.63) is 45.3 Å². The standard InChI is InChI=1S/C15H18Cl2N2O2/c1-3-4-18-8-11-6-12(16)7-14(17)15(11)20-9-13-5-10(2)19-21-13/h5-7,18H,3-4,8-9H2,1-2H3. The minimum atomic E-state index is 0.281. The number of nitrogens with one attached hydrogen (secondary N) is 1. The summed E-state index contributed by atoms with van der Waals surface area (Å²) in [5, 5.41) is 8.23. The van der Waals surface area contributed by atoms with Gasteiger partial charge in [0.2, 0.25) is 0 Å². The zero-order chi connectivity index (χ0) is 15.2. The number of benzene rings is 1. The largest absolute Gasteiger partial charge is 0.484 e. The van der Waals surface area contributed by atoms with Crippen LogP contribution in [0.1, 0.15) is 30.4 Å². The van der Waals surface area contributed by atoms with Crippen LogP contribution in [0, 0.1) is 6.92 Å². The van der Waals surface area contributed by atoms with Crippen molar-refractivity contribution in [3.8, 4) is 5.75 Å². The zero-order valence-electron chi connectivity index (χ0n) is 12.1. The Hall–Kier alpha value is -1.23. The van der Waals surface area contributed by atoms with Crippen molar-refractivity contribution in [2.24, 2.45) is 0 Å². The third kappa shape index (κ3) is 4.63. The molecule has 0 bridgehead atoms. The molecule has 0 unspecified atom stereocenters. The average molecular weight is 329 g/mol. The number of rotatable bonds is 7. The van der Waals surface area contributed by atoms with Gasteiger partial charge >= 0.3 is 0 Å². The van der Waals surface area contributed by atoms with Gasteiger partial charge in [0.05, 0.1) is 10.7 Å². The summed E-state index contributed by atoms with van der Waals surface area (Å²) in [6, 6.07) is 5.36. The molecule has 6 heteroatoms. The molecule has 0 saturated carbocycles. The van der Waals surface area contributed by atoms with E-state index in [-0.39, 0.29) is 6.61 Å². The normalized spacial score (nSPS) is 10.9. The van der Waals surface area contributed by atoms with Crippen LogP contribution >= 0.6 is 23.2 Å². The Morgan fingerprint density at radius 3 is 2.76 bits per heavy atom. The molecule has 21 heavy (non-hydrogen) atoms. The molecule has 0 amide bonds. The number of hydrogen-bond acceptors (Lipinski definition) is 4. The first-order chi connectivity index (χ1) is 10.1. The summed E-state index contributed by atoms with van der Waals surface area (Å²) in [5.74, 6) is 1.28. The topological polar surface area (TPSA) is 47.3 Å². The predicted octanol–water partition coefficient (Wildman–Crippen LogP) is 4.37. The fraction of sp³-hybridized carbons (Fsp3) is 0.400. The highest BCUT2D eigenvalue weighted by atomic mass is 35.5. The van der Waals surface area contributed by atoms with Crippen LogP contribution in [0.5, 0.6) is 5.75 Å². The van der Waals surface area contributed by atoms with E-state index in [0.29, 0.717) is 28.1 Å². The van der Waals surface area contributed by atoms with Gasteiger partial charge in [0.25, 0.3) is 0 Å². The van der Waals surface area contributed by atoms with Gasteiger partial charge in [-0.25, -0.2) is 0 Å². The SMILES string of the molecule is CCCNCc1cc(Cl)cc(Cl)c1OCc1cc(C)no1. The minimum Gasteiger partial charge on any atom is -0.484 e. The number of nitrogens with zero attached hydrogens (tertiary/aromatic N) is 1. The maximum Gasteiger partial charge on any atom is 0.174 e. The third-order valence-corrected chi connectivity index (χ3v) is 3.36. The zero-order valence-corrected chi connectivity index (χ0v) is 13.6. The van der Waals surface area contributed by atoms with Crippen molar-refractivity contribution in [2.45, 2.75) is 33.4 Å². The lowest BCUT2D eigenvalue weighted by Crippen LogP contribution is -2.15. The minimum absolute atomic E-state index is 0.281. The van der Waals surface area contributed by atoms with Crippen LogP contribution in [-0.2, 0) is 13.2 Å². The molecule has 1 N–H and O–H groups in total. The quantitative estimate of drug-likeness (QED) is 0.766. The number of hydrogen-bond donors (Lipinski definition) is 1. The van der Waals surface area contributed by atoms with Gasteiger partial charge in [0, 0.05) is 23.2 Å². The first-order valence-electron chi connectivity index (χ1n) is 6.83. The van der Waals surface area contributed by atoms with Crippen molar-refractivity contribution in [3.63, 3.8) is 0 Å². The molecule has 0 aliphatic carbocycles. The van der Waals surface area contributed by atoms with Gasteiger partial charge in [-0.05, 0) is 32.0 Å². The lowest BCUT2D eigenvalue weighted by Gasteiger charge is -2.13. The molecule has 1 heterocycles. The van der Waals surface area contributed by atoms with Gasteiger partial charge in [0.15, 0.2) is 5.76 Å². The first-order valence-corrected chi connectivity index (χ1v) is 7.59. The molecule has 4 nitrogen and oxygen atoms in total. The lowest BCUT2D eigenvalue weighted by atomic mass is 10.2. The van der Waals surface area contributed by atoms with Gasteiger partial charge < -0.3 is 14.6 Å². The summed E-state index contributed by atoms with van der Waals surface area (Å²) < 4.78 is 10.9. The van der Waals surface area contributed by atoms with E-state index < -0.39 is 0 Å². The van der Waals surface area contributed by atoms with Crippen LogP contribution in [0.25, 0.3) is 0 Å². The molecule has 2 rings (SSSR count). The van der Waals surface area contributed by atoms with Gasteiger partial charge in [-0.3, -0.25) is 0 Å². The highest BCUT2D eigenvalue weighted by Gasteiger charge is 2.12. The van der Waals surface area contributed by atoms with Crippen LogP contribution in [0.4, 0.5) is 0 Å². The molecule has 0 radical (unpaired) electrons. The fourth-order valence-electron chi connectivity index (χ4n) is 1.93. The maximum absolute atomic E-state index is 6.24. The number of ether oxygens (including phenoxy) is 1. The maximum atomic E-state index is 6.24. The Bertz CT molecular complexity index is 599. The lowest BCUT2D eigenvalue weighted by molar-refractivity contribution is 0.246. The average Bonchev–Trinajstić information content (AvgIpc) is 2.83. The second-order valence-corrected chi connectivity index (χ2v) is 5.62. The van der Waals surface area contributed by atoms with E-state index in [2.05, 4.69) is 17.4 Å². The van der Waals surface area contributed by atoms with Crippen molar-refractivity contribution in [1.82, 2.24) is 10.5 Å². The second kappa shape index (κ2) is 7.69. The number of aryl methyl sites for hydroxylation is 1. The summed E-state index contributed by atoms with van der Waals surface area (Å²) in [5.41, 5.74) is 1.75. The molecule has 0 fully saturated rings. The predicted molar refractivity (Wildman–Crippen MR) is 84.0 cm³/mol. The highest BCUT2D eigenvalue weighted by Crippen LogP contribution is 2.33. The summed E-state index contributed by atoms with van der Waals surface area (Å²) in [7, 11) is 0. The van der Waals surface area contributed by atoms with E-state index >= 15 is 0 Å². The van der Waals surface area contributed by atoms with Gasteiger partial charge in [-0.2, -0.15) is 0 Å². The Morgan fingerprint density at radius 2 is 2.10 bits per heavy atom. The third-order valence-electron chi connectivity index (χ3n) is 2.86. The van der Waals surface area contributed by atoms with E-state index in [1.54, 1.807) is 6.07 Å². The van der Waals surface area contributed by atoms with Crippen LogP contribution in [0.15, 0.2) is 22.7 Å². The number of halogens is 2. The molecule has 1 aromatic heterocycles. The first kappa shape index (κ1) is 16.1. The molecule has 0 aliphatic rings. The van der Waals surface area contributed by atoms with Crippen LogP contribution in [0.3, 0.4) is 0 Å². The summed E-state index contributed by atoms with van der Waals surface area (Å²) in [4.78, 5) is 0.